The fourth-order valence-electron chi connectivity index (χ4n) is 1.24. The second kappa shape index (κ2) is 3.02. The number of ether oxygens (including phenoxy) is 1. The molecule has 0 bridgehead atoms. The number of hydrogen-bond donors (Lipinski definition) is 1. The van der Waals surface area contributed by atoms with Crippen molar-refractivity contribution in [2.75, 3.05) is 19.9 Å². The number of methoxy groups -OCH3 is 1. The van der Waals surface area contributed by atoms with Crippen molar-refractivity contribution in [2.45, 2.75) is 5.54 Å². The molecule has 1 heterocycles. The van der Waals surface area contributed by atoms with Gasteiger partial charge in [-0.1, -0.05) is 0 Å². The Morgan fingerprint density at radius 1 is 1.62 bits per heavy atom. The lowest BCUT2D eigenvalue weighted by Crippen LogP contribution is -2.75. The molecule has 1 unspecified atom stereocenters. The van der Waals surface area contributed by atoms with Crippen molar-refractivity contribution in [3.63, 3.8) is 0 Å². The number of esters is 1. The summed E-state index contributed by atoms with van der Waals surface area (Å²) in [6, 6.07) is 0. The number of hydrogen-bond acceptors (Lipinski definition) is 5. The van der Waals surface area contributed by atoms with Crippen molar-refractivity contribution < 1.29 is 19.1 Å². The van der Waals surface area contributed by atoms with Crippen LogP contribution < -0.4 is 0 Å². The third-order valence-corrected chi connectivity index (χ3v) is 2.66. The largest absolute Gasteiger partial charge is 0.467 e. The Hall–Kier alpha value is -1.04. The second-order valence-electron chi connectivity index (χ2n) is 2.70. The van der Waals surface area contributed by atoms with Gasteiger partial charge in [0.1, 0.15) is 0 Å². The van der Waals surface area contributed by atoms with Crippen LogP contribution in [0.1, 0.15) is 0 Å². The molecule has 0 spiro atoms. The molecule has 13 heavy (non-hydrogen) atoms. The molecule has 0 aromatic heterocycles. The van der Waals surface area contributed by atoms with E-state index in [1.54, 1.807) is 0 Å². The smallest absolute Gasteiger partial charge is 0.341 e. The number of likely N-dealkylation sites (N-methyl/N-ethyl adjacent to an activating group) is 1. The van der Waals surface area contributed by atoms with E-state index in [0.717, 1.165) is 12.0 Å². The molecule has 1 aliphatic heterocycles. The Kier molecular flexibility index (Phi) is 2.34. The molecule has 1 aliphatic rings. The minimum Gasteiger partial charge on any atom is -0.467 e. The van der Waals surface area contributed by atoms with Gasteiger partial charge in [0.05, 0.1) is 7.11 Å². The molecule has 72 valence electrons. The Labute approximate surface area is 80.4 Å². The van der Waals surface area contributed by atoms with Gasteiger partial charge in [-0.3, -0.25) is 9.59 Å². The van der Waals surface area contributed by atoms with Crippen molar-refractivity contribution in [1.29, 1.82) is 0 Å². The zero-order valence-electron chi connectivity index (χ0n) is 7.23. The zero-order valence-corrected chi connectivity index (χ0v) is 8.13. The molecule has 0 aromatic rings. The SMILES string of the molecule is COC(=O)C1(CS)C(=O)C(=O)N1C. The van der Waals surface area contributed by atoms with Crippen LogP contribution in [0.5, 0.6) is 0 Å². The summed E-state index contributed by atoms with van der Waals surface area (Å²) >= 11 is 3.87. The normalized spacial score (nSPS) is 27.2. The predicted molar refractivity (Wildman–Crippen MR) is 46.4 cm³/mol. The average molecular weight is 203 g/mol. The highest BCUT2D eigenvalue weighted by Gasteiger charge is 2.63. The molecule has 1 rings (SSSR count). The van der Waals surface area contributed by atoms with E-state index in [0.29, 0.717) is 0 Å². The minimum atomic E-state index is -1.49. The summed E-state index contributed by atoms with van der Waals surface area (Å²) in [5.74, 6) is -2.23. The Balaban J connectivity index is 3.03. The van der Waals surface area contributed by atoms with Crippen molar-refractivity contribution in [3.8, 4) is 0 Å². The van der Waals surface area contributed by atoms with Crippen LogP contribution in [0.3, 0.4) is 0 Å². The zero-order chi connectivity index (χ0) is 10.2. The van der Waals surface area contributed by atoms with Gasteiger partial charge < -0.3 is 9.64 Å². The molecule has 0 saturated carbocycles. The number of nitrogens with zero attached hydrogens (tertiary/aromatic N) is 1. The monoisotopic (exact) mass is 203 g/mol. The maximum absolute atomic E-state index is 11.2. The van der Waals surface area contributed by atoms with E-state index >= 15 is 0 Å². The highest BCUT2D eigenvalue weighted by molar-refractivity contribution is 7.80. The van der Waals surface area contributed by atoms with Crippen molar-refractivity contribution in [3.05, 3.63) is 0 Å². The summed E-state index contributed by atoms with van der Waals surface area (Å²) in [5, 5.41) is 0. The quantitative estimate of drug-likeness (QED) is 0.203. The second-order valence-corrected chi connectivity index (χ2v) is 3.02. The molecule has 1 atom stereocenters. The van der Waals surface area contributed by atoms with Crippen LogP contribution in [0.25, 0.3) is 0 Å². The summed E-state index contributed by atoms with van der Waals surface area (Å²) in [6.45, 7) is 0. The summed E-state index contributed by atoms with van der Waals surface area (Å²) in [7, 11) is 2.54. The van der Waals surface area contributed by atoms with Crippen LogP contribution >= 0.6 is 12.6 Å². The van der Waals surface area contributed by atoms with Crippen molar-refractivity contribution >= 4 is 30.3 Å². The maximum atomic E-state index is 11.2. The van der Waals surface area contributed by atoms with E-state index in [1.165, 1.54) is 7.05 Å². The number of ketones is 1. The number of Topliss-reactive ketones (excluding diaryl/α,β-unsaturated/α-hetero) is 1. The highest BCUT2D eigenvalue weighted by Crippen LogP contribution is 2.29. The summed E-state index contributed by atoms with van der Waals surface area (Å²) < 4.78 is 4.44. The van der Waals surface area contributed by atoms with Crippen LogP contribution in [-0.2, 0) is 19.1 Å². The fourth-order valence-corrected chi connectivity index (χ4v) is 1.73. The number of β-lactam (4-membered cyclic amide) rings is 1. The third kappa shape index (κ3) is 0.980. The molecule has 0 radical (unpaired) electrons. The number of thiol groups is 1. The first-order valence-corrected chi connectivity index (χ1v) is 4.17. The number of amides is 1. The van der Waals surface area contributed by atoms with Crippen LogP contribution in [0.15, 0.2) is 0 Å². The van der Waals surface area contributed by atoms with E-state index in [1.807, 2.05) is 0 Å². The van der Waals surface area contributed by atoms with Crippen LogP contribution in [0, 0.1) is 0 Å². The molecule has 0 N–H and O–H groups in total. The highest BCUT2D eigenvalue weighted by atomic mass is 32.1. The van der Waals surface area contributed by atoms with E-state index in [4.69, 9.17) is 0 Å². The van der Waals surface area contributed by atoms with E-state index in [9.17, 15) is 14.4 Å². The van der Waals surface area contributed by atoms with Crippen molar-refractivity contribution in [1.82, 2.24) is 4.90 Å². The Morgan fingerprint density at radius 3 is 2.46 bits per heavy atom. The third-order valence-electron chi connectivity index (χ3n) is 2.20. The van der Waals surface area contributed by atoms with Gasteiger partial charge in [-0.15, -0.1) is 0 Å². The van der Waals surface area contributed by atoms with Gasteiger partial charge in [-0.05, 0) is 0 Å². The van der Waals surface area contributed by atoms with Gasteiger partial charge >= 0.3 is 5.97 Å². The van der Waals surface area contributed by atoms with Gasteiger partial charge in [0, 0.05) is 12.8 Å². The van der Waals surface area contributed by atoms with E-state index in [-0.39, 0.29) is 5.75 Å². The Bertz CT molecular complexity index is 290. The van der Waals surface area contributed by atoms with Gasteiger partial charge in [0.2, 0.25) is 5.54 Å². The van der Waals surface area contributed by atoms with Crippen LogP contribution in [0.2, 0.25) is 0 Å². The molecule has 0 aromatic carbocycles. The van der Waals surface area contributed by atoms with Gasteiger partial charge in [0.25, 0.3) is 11.7 Å². The average Bonchev–Trinajstić information content (AvgIpc) is 2.18. The van der Waals surface area contributed by atoms with E-state index in [2.05, 4.69) is 17.4 Å². The minimum absolute atomic E-state index is 0.0548. The lowest BCUT2D eigenvalue weighted by molar-refractivity contribution is -0.178. The van der Waals surface area contributed by atoms with Gasteiger partial charge in [-0.2, -0.15) is 12.6 Å². The molecule has 0 aliphatic carbocycles. The summed E-state index contributed by atoms with van der Waals surface area (Å²) in [5.41, 5.74) is -1.49. The molecule has 1 saturated heterocycles. The van der Waals surface area contributed by atoms with Gasteiger partial charge in [-0.25, -0.2) is 4.79 Å². The molecule has 5 nitrogen and oxygen atoms in total. The van der Waals surface area contributed by atoms with Gasteiger partial charge in [0.15, 0.2) is 0 Å². The first-order valence-electron chi connectivity index (χ1n) is 3.54. The van der Waals surface area contributed by atoms with Crippen LogP contribution in [-0.4, -0.2) is 48.0 Å². The molecular formula is C7H9NO4S. The fraction of sp³-hybridized carbons (Fsp3) is 0.571. The van der Waals surface area contributed by atoms with E-state index < -0.39 is 23.2 Å². The molecule has 6 heteroatoms. The number of carbonyl (C=O) groups excluding carboxylic acids is 3. The molecular weight excluding hydrogens is 194 g/mol. The molecule has 1 fully saturated rings. The standard InChI is InChI=1S/C7H9NO4S/c1-8-5(10)4(9)7(8,3-13)6(11)12-2/h13H,3H2,1-2H3. The first kappa shape index (κ1) is 10.0. The number of likely N-dealkylation sites (tertiary alicyclic amines) is 1. The summed E-state index contributed by atoms with van der Waals surface area (Å²) in [4.78, 5) is 34.4. The number of rotatable bonds is 2. The molecule has 1 amide bonds. The lowest BCUT2D eigenvalue weighted by atomic mass is 9.85. The number of carbonyl (C=O) groups is 3. The predicted octanol–water partition coefficient (Wildman–Crippen LogP) is -1.13. The topological polar surface area (TPSA) is 63.7 Å². The maximum Gasteiger partial charge on any atom is 0.341 e. The summed E-state index contributed by atoms with van der Waals surface area (Å²) in [6.07, 6.45) is 0. The first-order chi connectivity index (χ1) is 6.02. The lowest BCUT2D eigenvalue weighted by Gasteiger charge is -2.44. The van der Waals surface area contributed by atoms with Crippen LogP contribution in [0.4, 0.5) is 0 Å². The Morgan fingerprint density at radius 2 is 2.15 bits per heavy atom. The van der Waals surface area contributed by atoms with Crippen molar-refractivity contribution in [2.24, 2.45) is 0 Å².